The molecule has 0 spiro atoms. The van der Waals surface area contributed by atoms with Crippen molar-refractivity contribution < 1.29 is 5.11 Å². The van der Waals surface area contributed by atoms with Gasteiger partial charge in [-0.25, -0.2) is 0 Å². The molecule has 78 valence electrons. The van der Waals surface area contributed by atoms with E-state index in [1.54, 1.807) is 0 Å². The highest BCUT2D eigenvalue weighted by Crippen LogP contribution is 2.07. The van der Waals surface area contributed by atoms with Gasteiger partial charge in [-0.3, -0.25) is 0 Å². The molecule has 0 aromatic carbocycles. The average Bonchev–Trinajstić information content (AvgIpc) is 2.14. The molecule has 3 nitrogen and oxygen atoms in total. The number of nitrogens with one attached hydrogen (secondary N) is 1. The van der Waals surface area contributed by atoms with E-state index in [4.69, 9.17) is 5.11 Å². The van der Waals surface area contributed by atoms with Crippen molar-refractivity contribution in [2.75, 3.05) is 32.7 Å². The van der Waals surface area contributed by atoms with Crippen LogP contribution in [0.4, 0.5) is 0 Å². The molecule has 1 saturated heterocycles. The lowest BCUT2D eigenvalue weighted by Crippen LogP contribution is -2.37. The van der Waals surface area contributed by atoms with Crippen molar-refractivity contribution in [2.45, 2.75) is 32.3 Å². The molecule has 2 N–H and O–H groups in total. The first-order chi connectivity index (χ1) is 6.29. The third-order valence-electron chi connectivity index (χ3n) is 2.49. The van der Waals surface area contributed by atoms with E-state index in [1.165, 1.54) is 32.4 Å². The SMILES string of the molecule is CC(O)CNCCN1CCCCC1. The third-order valence-corrected chi connectivity index (χ3v) is 2.49. The fraction of sp³-hybridized carbons (Fsp3) is 1.00. The Hall–Kier alpha value is -0.120. The summed E-state index contributed by atoms with van der Waals surface area (Å²) in [5.74, 6) is 0. The molecule has 0 aromatic heterocycles. The van der Waals surface area contributed by atoms with Gasteiger partial charge >= 0.3 is 0 Å². The molecule has 1 atom stereocenters. The van der Waals surface area contributed by atoms with Crippen molar-refractivity contribution in [1.29, 1.82) is 0 Å². The molecule has 13 heavy (non-hydrogen) atoms. The molecule has 1 rings (SSSR count). The summed E-state index contributed by atoms with van der Waals surface area (Å²) in [5.41, 5.74) is 0. The fourth-order valence-corrected chi connectivity index (χ4v) is 1.73. The zero-order valence-electron chi connectivity index (χ0n) is 8.63. The topological polar surface area (TPSA) is 35.5 Å². The quantitative estimate of drug-likeness (QED) is 0.612. The lowest BCUT2D eigenvalue weighted by Gasteiger charge is -2.26. The van der Waals surface area contributed by atoms with E-state index in [0.717, 1.165) is 13.1 Å². The van der Waals surface area contributed by atoms with Gasteiger partial charge in [-0.2, -0.15) is 0 Å². The summed E-state index contributed by atoms with van der Waals surface area (Å²) in [7, 11) is 0. The highest BCUT2D eigenvalue weighted by atomic mass is 16.3. The predicted molar refractivity (Wildman–Crippen MR) is 54.8 cm³/mol. The number of likely N-dealkylation sites (tertiary alicyclic amines) is 1. The van der Waals surface area contributed by atoms with Gasteiger partial charge in [0.05, 0.1) is 6.10 Å². The Morgan fingerprint density at radius 2 is 2.00 bits per heavy atom. The highest BCUT2D eigenvalue weighted by molar-refractivity contribution is 4.65. The predicted octanol–water partition coefficient (Wildman–Crippen LogP) is 0.443. The molecule has 0 radical (unpaired) electrons. The molecule has 0 amide bonds. The highest BCUT2D eigenvalue weighted by Gasteiger charge is 2.08. The molecule has 0 bridgehead atoms. The minimum atomic E-state index is -0.221. The fourth-order valence-electron chi connectivity index (χ4n) is 1.73. The van der Waals surface area contributed by atoms with Gasteiger partial charge in [-0.05, 0) is 32.9 Å². The van der Waals surface area contributed by atoms with Gasteiger partial charge in [-0.15, -0.1) is 0 Å². The minimum Gasteiger partial charge on any atom is -0.392 e. The smallest absolute Gasteiger partial charge is 0.0636 e. The second-order valence-corrected chi connectivity index (χ2v) is 3.96. The zero-order valence-corrected chi connectivity index (χ0v) is 8.63. The van der Waals surface area contributed by atoms with Crippen LogP contribution >= 0.6 is 0 Å². The van der Waals surface area contributed by atoms with Crippen LogP contribution in [-0.2, 0) is 0 Å². The molecule has 0 aliphatic carbocycles. The summed E-state index contributed by atoms with van der Waals surface area (Å²) in [4.78, 5) is 2.50. The Bertz CT molecular complexity index is 122. The molecule has 1 aliphatic rings. The largest absolute Gasteiger partial charge is 0.392 e. The number of aliphatic hydroxyl groups is 1. The van der Waals surface area contributed by atoms with Crippen molar-refractivity contribution in [1.82, 2.24) is 10.2 Å². The summed E-state index contributed by atoms with van der Waals surface area (Å²) in [5, 5.41) is 12.3. The number of aliphatic hydroxyl groups excluding tert-OH is 1. The molecular weight excluding hydrogens is 164 g/mol. The van der Waals surface area contributed by atoms with Crippen LogP contribution in [0.2, 0.25) is 0 Å². The Morgan fingerprint density at radius 1 is 1.31 bits per heavy atom. The first kappa shape index (κ1) is 11.0. The summed E-state index contributed by atoms with van der Waals surface area (Å²) >= 11 is 0. The van der Waals surface area contributed by atoms with Crippen molar-refractivity contribution in [3.05, 3.63) is 0 Å². The number of hydrogen-bond donors (Lipinski definition) is 2. The van der Waals surface area contributed by atoms with Crippen LogP contribution in [0.1, 0.15) is 26.2 Å². The first-order valence-corrected chi connectivity index (χ1v) is 5.40. The maximum absolute atomic E-state index is 9.01. The van der Waals surface area contributed by atoms with Gasteiger partial charge in [0.1, 0.15) is 0 Å². The van der Waals surface area contributed by atoms with Crippen molar-refractivity contribution >= 4 is 0 Å². The van der Waals surface area contributed by atoms with Crippen LogP contribution in [0, 0.1) is 0 Å². The van der Waals surface area contributed by atoms with Crippen LogP contribution in [0.25, 0.3) is 0 Å². The van der Waals surface area contributed by atoms with E-state index < -0.39 is 0 Å². The summed E-state index contributed by atoms with van der Waals surface area (Å²) in [6.07, 6.45) is 3.89. The molecule has 3 heteroatoms. The summed E-state index contributed by atoms with van der Waals surface area (Å²) in [6.45, 7) is 7.19. The minimum absolute atomic E-state index is 0.221. The number of rotatable bonds is 5. The van der Waals surface area contributed by atoms with E-state index >= 15 is 0 Å². The van der Waals surface area contributed by atoms with Crippen molar-refractivity contribution in [3.8, 4) is 0 Å². The van der Waals surface area contributed by atoms with E-state index in [2.05, 4.69) is 10.2 Å². The Balaban J connectivity index is 1.92. The molecule has 0 aromatic rings. The van der Waals surface area contributed by atoms with Gasteiger partial charge in [0, 0.05) is 19.6 Å². The van der Waals surface area contributed by atoms with Gasteiger partial charge in [0.25, 0.3) is 0 Å². The van der Waals surface area contributed by atoms with Crippen LogP contribution in [0.15, 0.2) is 0 Å². The number of piperidine rings is 1. The van der Waals surface area contributed by atoms with Gasteiger partial charge in [0.15, 0.2) is 0 Å². The van der Waals surface area contributed by atoms with Crippen LogP contribution in [-0.4, -0.2) is 48.8 Å². The molecule has 1 aliphatic heterocycles. The normalized spacial score (nSPS) is 21.7. The number of hydrogen-bond acceptors (Lipinski definition) is 3. The maximum Gasteiger partial charge on any atom is 0.0636 e. The van der Waals surface area contributed by atoms with E-state index in [9.17, 15) is 0 Å². The molecular formula is C10H22N2O. The molecule has 1 fully saturated rings. The molecule has 1 unspecified atom stereocenters. The second-order valence-electron chi connectivity index (χ2n) is 3.96. The van der Waals surface area contributed by atoms with E-state index in [1.807, 2.05) is 6.92 Å². The Morgan fingerprint density at radius 3 is 2.62 bits per heavy atom. The lowest BCUT2D eigenvalue weighted by atomic mass is 10.1. The Kier molecular flexibility index (Phi) is 5.35. The van der Waals surface area contributed by atoms with Gasteiger partial charge in [0.2, 0.25) is 0 Å². The van der Waals surface area contributed by atoms with Gasteiger partial charge in [-0.1, -0.05) is 6.42 Å². The third kappa shape index (κ3) is 5.24. The molecule has 1 heterocycles. The van der Waals surface area contributed by atoms with Crippen LogP contribution in [0.3, 0.4) is 0 Å². The summed E-state index contributed by atoms with van der Waals surface area (Å²) in [6, 6.07) is 0. The van der Waals surface area contributed by atoms with E-state index in [-0.39, 0.29) is 6.10 Å². The summed E-state index contributed by atoms with van der Waals surface area (Å²) < 4.78 is 0. The monoisotopic (exact) mass is 186 g/mol. The van der Waals surface area contributed by atoms with Crippen LogP contribution in [0.5, 0.6) is 0 Å². The zero-order chi connectivity index (χ0) is 9.52. The van der Waals surface area contributed by atoms with Crippen molar-refractivity contribution in [2.24, 2.45) is 0 Å². The van der Waals surface area contributed by atoms with E-state index in [0.29, 0.717) is 6.54 Å². The second kappa shape index (κ2) is 6.35. The maximum atomic E-state index is 9.01. The lowest BCUT2D eigenvalue weighted by molar-refractivity contribution is 0.184. The Labute approximate surface area is 81.1 Å². The average molecular weight is 186 g/mol. The van der Waals surface area contributed by atoms with Crippen molar-refractivity contribution in [3.63, 3.8) is 0 Å². The van der Waals surface area contributed by atoms with Crippen LogP contribution < -0.4 is 5.32 Å². The standard InChI is InChI=1S/C10H22N2O/c1-10(13)9-11-5-8-12-6-3-2-4-7-12/h10-11,13H,2-9H2,1H3. The molecule has 0 saturated carbocycles. The number of nitrogens with zero attached hydrogens (tertiary/aromatic N) is 1. The first-order valence-electron chi connectivity index (χ1n) is 5.40. The van der Waals surface area contributed by atoms with Gasteiger partial charge < -0.3 is 15.3 Å².